The molecule has 1 unspecified atom stereocenters. The van der Waals surface area contributed by atoms with Gasteiger partial charge in [-0.1, -0.05) is 25.1 Å². The number of aromatic amines is 1. The fraction of sp³-hybridized carbons (Fsp3) is 0.148. The van der Waals surface area contributed by atoms with Crippen LogP contribution in [0.5, 0.6) is 0 Å². The van der Waals surface area contributed by atoms with Crippen LogP contribution in [-0.2, 0) is 6.54 Å². The van der Waals surface area contributed by atoms with Crippen LogP contribution < -0.4 is 16.0 Å². The summed E-state index contributed by atoms with van der Waals surface area (Å²) in [5.74, 6) is 0. The normalized spacial score (nSPS) is 14.6. The molecule has 7 nitrogen and oxygen atoms in total. The number of aromatic nitrogens is 4. The summed E-state index contributed by atoms with van der Waals surface area (Å²) in [6.07, 6.45) is 7.33. The van der Waals surface area contributed by atoms with E-state index < -0.39 is 0 Å². The monoisotopic (exact) mass is 447 g/mol. The molecular weight excluding hydrogens is 422 g/mol. The Kier molecular flexibility index (Phi) is 5.16. The molecule has 7 heteroatoms. The number of para-hydroxylation sites is 1. The van der Waals surface area contributed by atoms with Crippen molar-refractivity contribution in [3.8, 4) is 22.3 Å². The maximum Gasteiger partial charge on any atom is 0.143 e. The molecule has 0 spiro atoms. The summed E-state index contributed by atoms with van der Waals surface area (Å²) in [6.45, 7) is 3.85. The minimum absolute atomic E-state index is 0.139. The molecule has 6 rings (SSSR count). The molecule has 1 aliphatic rings. The molecule has 168 valence electrons. The number of anilines is 2. The minimum Gasteiger partial charge on any atom is -0.359 e. The highest BCUT2D eigenvalue weighted by Gasteiger charge is 2.27. The zero-order valence-electron chi connectivity index (χ0n) is 18.8. The lowest BCUT2D eigenvalue weighted by molar-refractivity contribution is 0.724. The van der Waals surface area contributed by atoms with E-state index in [9.17, 15) is 0 Å². The van der Waals surface area contributed by atoms with Crippen molar-refractivity contribution in [2.75, 3.05) is 17.2 Å². The van der Waals surface area contributed by atoms with E-state index in [4.69, 9.17) is 0 Å². The molecule has 2 aromatic carbocycles. The number of nitrogens with one attached hydrogen (secondary N) is 4. The molecule has 0 amide bonds. The van der Waals surface area contributed by atoms with Crippen molar-refractivity contribution in [2.24, 2.45) is 0 Å². The summed E-state index contributed by atoms with van der Waals surface area (Å²) in [4.78, 5) is 8.60. The number of H-pyrrole nitrogens is 1. The van der Waals surface area contributed by atoms with Crippen LogP contribution >= 0.6 is 0 Å². The molecule has 3 aromatic heterocycles. The lowest BCUT2D eigenvalue weighted by Crippen LogP contribution is -2.13. The summed E-state index contributed by atoms with van der Waals surface area (Å²) >= 11 is 0. The Bertz CT molecular complexity index is 1460. The quantitative estimate of drug-likeness (QED) is 0.281. The topological polar surface area (TPSA) is 90.5 Å². The highest BCUT2D eigenvalue weighted by Crippen LogP contribution is 2.43. The van der Waals surface area contributed by atoms with Gasteiger partial charge < -0.3 is 16.0 Å². The second-order valence-electron chi connectivity index (χ2n) is 8.42. The van der Waals surface area contributed by atoms with Gasteiger partial charge in [0.25, 0.3) is 0 Å². The number of benzene rings is 2. The number of hydrogen-bond donors (Lipinski definition) is 4. The number of rotatable bonds is 6. The zero-order valence-corrected chi connectivity index (χ0v) is 18.8. The molecule has 0 fully saturated rings. The molecule has 0 saturated carbocycles. The van der Waals surface area contributed by atoms with Gasteiger partial charge in [0.15, 0.2) is 0 Å². The summed E-state index contributed by atoms with van der Waals surface area (Å²) in [6, 6.07) is 18.9. The van der Waals surface area contributed by atoms with Crippen molar-refractivity contribution in [1.29, 1.82) is 0 Å². The van der Waals surface area contributed by atoms with E-state index in [0.29, 0.717) is 0 Å². The standard InChI is InChI=1S/C27H25N7/c1-2-28-14-17-12-20(16-30-15-17)19-6-7-23-22(13-19)26(34-33-23)27-31-24-5-3-4-21(25(24)32-27)18-8-10-29-11-9-18/h3-13,15-16,27-28,31-32H,2,14H2,1H3,(H,33,34). The molecule has 34 heavy (non-hydrogen) atoms. The Labute approximate surface area is 197 Å². The van der Waals surface area contributed by atoms with Gasteiger partial charge in [0.2, 0.25) is 0 Å². The molecule has 0 bridgehead atoms. The highest BCUT2D eigenvalue weighted by molar-refractivity contribution is 5.92. The van der Waals surface area contributed by atoms with Crippen LogP contribution in [0.2, 0.25) is 0 Å². The van der Waals surface area contributed by atoms with Crippen molar-refractivity contribution in [3.05, 3.63) is 90.6 Å². The number of hydrogen-bond acceptors (Lipinski definition) is 6. The molecule has 0 saturated heterocycles. The van der Waals surface area contributed by atoms with Crippen molar-refractivity contribution < 1.29 is 0 Å². The molecule has 1 aliphatic heterocycles. The molecule has 5 aromatic rings. The molecular formula is C27H25N7. The van der Waals surface area contributed by atoms with Crippen molar-refractivity contribution in [2.45, 2.75) is 19.6 Å². The van der Waals surface area contributed by atoms with Crippen LogP contribution in [0.4, 0.5) is 11.4 Å². The Balaban J connectivity index is 1.34. The maximum absolute atomic E-state index is 4.67. The largest absolute Gasteiger partial charge is 0.359 e. The Morgan fingerprint density at radius 2 is 1.79 bits per heavy atom. The zero-order chi connectivity index (χ0) is 22.9. The van der Waals surface area contributed by atoms with E-state index in [0.717, 1.165) is 63.3 Å². The Morgan fingerprint density at radius 1 is 0.882 bits per heavy atom. The fourth-order valence-electron chi connectivity index (χ4n) is 4.52. The number of pyridine rings is 2. The van der Waals surface area contributed by atoms with Crippen LogP contribution in [0.3, 0.4) is 0 Å². The average Bonchev–Trinajstić information content (AvgIpc) is 3.51. The van der Waals surface area contributed by atoms with Crippen LogP contribution in [0.15, 0.2) is 79.4 Å². The van der Waals surface area contributed by atoms with Crippen molar-refractivity contribution in [1.82, 2.24) is 25.5 Å². The van der Waals surface area contributed by atoms with Gasteiger partial charge >= 0.3 is 0 Å². The summed E-state index contributed by atoms with van der Waals surface area (Å²) in [5, 5.41) is 19.6. The van der Waals surface area contributed by atoms with E-state index in [1.54, 1.807) is 0 Å². The first-order chi connectivity index (χ1) is 16.8. The van der Waals surface area contributed by atoms with Crippen LogP contribution in [0, 0.1) is 0 Å². The third-order valence-electron chi connectivity index (χ3n) is 6.22. The van der Waals surface area contributed by atoms with E-state index in [-0.39, 0.29) is 6.17 Å². The van der Waals surface area contributed by atoms with Gasteiger partial charge in [-0.25, -0.2) is 0 Å². The van der Waals surface area contributed by atoms with Gasteiger partial charge in [-0.15, -0.1) is 0 Å². The average molecular weight is 448 g/mol. The van der Waals surface area contributed by atoms with E-state index in [1.165, 1.54) is 5.56 Å². The first kappa shape index (κ1) is 20.4. The maximum atomic E-state index is 4.67. The van der Waals surface area contributed by atoms with Gasteiger partial charge in [-0.05, 0) is 59.6 Å². The second-order valence-corrected chi connectivity index (χ2v) is 8.42. The number of nitrogens with zero attached hydrogens (tertiary/aromatic N) is 3. The lowest BCUT2D eigenvalue weighted by atomic mass is 10.0. The Morgan fingerprint density at radius 3 is 2.68 bits per heavy atom. The smallest absolute Gasteiger partial charge is 0.143 e. The third kappa shape index (κ3) is 3.66. The predicted molar refractivity (Wildman–Crippen MR) is 136 cm³/mol. The highest BCUT2D eigenvalue weighted by atomic mass is 15.2. The van der Waals surface area contributed by atoms with Gasteiger partial charge in [0.05, 0.1) is 16.9 Å². The molecule has 0 radical (unpaired) electrons. The lowest BCUT2D eigenvalue weighted by Gasteiger charge is -2.12. The van der Waals surface area contributed by atoms with Gasteiger partial charge in [-0.3, -0.25) is 15.1 Å². The van der Waals surface area contributed by atoms with Crippen molar-refractivity contribution >= 4 is 22.3 Å². The predicted octanol–water partition coefficient (Wildman–Crippen LogP) is 5.33. The van der Waals surface area contributed by atoms with Crippen molar-refractivity contribution in [3.63, 3.8) is 0 Å². The Hall–Kier alpha value is -4.23. The van der Waals surface area contributed by atoms with E-state index >= 15 is 0 Å². The molecule has 0 aliphatic carbocycles. The van der Waals surface area contributed by atoms with Gasteiger partial charge in [-0.2, -0.15) is 5.10 Å². The number of fused-ring (bicyclic) bond motifs is 2. The first-order valence-electron chi connectivity index (χ1n) is 11.5. The summed E-state index contributed by atoms with van der Waals surface area (Å²) in [7, 11) is 0. The van der Waals surface area contributed by atoms with Crippen LogP contribution in [-0.4, -0.2) is 26.7 Å². The second kappa shape index (κ2) is 8.61. The molecule has 4 heterocycles. The van der Waals surface area contributed by atoms with Gasteiger partial charge in [0.1, 0.15) is 11.9 Å². The van der Waals surface area contributed by atoms with E-state index in [1.807, 2.05) is 36.9 Å². The SMILES string of the molecule is CCNCc1cncc(-c2ccc3[nH]nc(C4Nc5cccc(-c6ccncc6)c5N4)c3c2)c1. The minimum atomic E-state index is -0.139. The summed E-state index contributed by atoms with van der Waals surface area (Å²) in [5.41, 5.74) is 9.73. The molecule has 1 atom stereocenters. The fourth-order valence-corrected chi connectivity index (χ4v) is 4.52. The van der Waals surface area contributed by atoms with Crippen LogP contribution in [0.25, 0.3) is 33.2 Å². The van der Waals surface area contributed by atoms with Gasteiger partial charge in [0, 0.05) is 47.8 Å². The molecule has 4 N–H and O–H groups in total. The van der Waals surface area contributed by atoms with Crippen LogP contribution in [0.1, 0.15) is 24.3 Å². The summed E-state index contributed by atoms with van der Waals surface area (Å²) < 4.78 is 0. The first-order valence-corrected chi connectivity index (χ1v) is 11.5. The third-order valence-corrected chi connectivity index (χ3v) is 6.22. The van der Waals surface area contributed by atoms with E-state index in [2.05, 4.69) is 85.5 Å².